The van der Waals surface area contributed by atoms with Crippen molar-refractivity contribution in [2.75, 3.05) is 34.4 Å². The molecule has 0 bridgehead atoms. The third-order valence-corrected chi connectivity index (χ3v) is 4.12. The van der Waals surface area contributed by atoms with Crippen LogP contribution in [-0.4, -0.2) is 56.0 Å². The number of methoxy groups -OCH3 is 2. The number of nitrogens with one attached hydrogen (secondary N) is 1. The van der Waals surface area contributed by atoms with Gasteiger partial charge in [0.15, 0.2) is 17.3 Å². The first-order valence-electron chi connectivity index (χ1n) is 7.34. The fourth-order valence-electron chi connectivity index (χ4n) is 2.94. The first-order chi connectivity index (χ1) is 11.1. The number of benzene rings is 1. The fraction of sp³-hybridized carbons (Fsp3) is 0.375. The summed E-state index contributed by atoms with van der Waals surface area (Å²) in [5, 5.41) is 1.69. The molecule has 2 aliphatic rings. The number of carbonyl (C=O) groups is 2. The van der Waals surface area contributed by atoms with Crippen molar-refractivity contribution in [3.63, 3.8) is 0 Å². The minimum absolute atomic E-state index is 0.0591. The van der Waals surface area contributed by atoms with E-state index in [0.29, 0.717) is 42.3 Å². The fourth-order valence-corrected chi connectivity index (χ4v) is 2.94. The van der Waals surface area contributed by atoms with Crippen LogP contribution in [-0.2, 0) is 4.79 Å². The number of amides is 1. The average molecular weight is 317 g/mol. The van der Waals surface area contributed by atoms with Gasteiger partial charge in [-0.05, 0) is 18.2 Å². The van der Waals surface area contributed by atoms with Gasteiger partial charge in [-0.15, -0.1) is 0 Å². The SMILES string of the molecule is COc1ccc(C(=O)N2CCC(=O)C3=C2CNN3C)cc1OC. The second-order valence-electron chi connectivity index (χ2n) is 5.39. The Hall–Kier alpha value is -2.54. The van der Waals surface area contributed by atoms with Crippen LogP contribution in [0.1, 0.15) is 16.8 Å². The van der Waals surface area contributed by atoms with Crippen molar-refractivity contribution in [1.82, 2.24) is 15.3 Å². The molecule has 23 heavy (non-hydrogen) atoms. The highest BCUT2D eigenvalue weighted by Crippen LogP contribution is 2.30. The molecule has 2 heterocycles. The summed E-state index contributed by atoms with van der Waals surface area (Å²) in [5.41, 5.74) is 4.87. The van der Waals surface area contributed by atoms with E-state index in [1.165, 1.54) is 7.11 Å². The maximum atomic E-state index is 12.9. The van der Waals surface area contributed by atoms with Gasteiger partial charge in [0, 0.05) is 25.6 Å². The zero-order valence-electron chi connectivity index (χ0n) is 13.4. The third kappa shape index (κ3) is 2.53. The Balaban J connectivity index is 1.95. The van der Waals surface area contributed by atoms with Crippen LogP contribution in [0, 0.1) is 0 Å². The monoisotopic (exact) mass is 317 g/mol. The second-order valence-corrected chi connectivity index (χ2v) is 5.39. The average Bonchev–Trinajstić information content (AvgIpc) is 2.96. The van der Waals surface area contributed by atoms with Crippen molar-refractivity contribution in [3.8, 4) is 11.5 Å². The van der Waals surface area contributed by atoms with E-state index in [9.17, 15) is 9.59 Å². The zero-order valence-corrected chi connectivity index (χ0v) is 13.4. The van der Waals surface area contributed by atoms with Crippen molar-refractivity contribution in [3.05, 3.63) is 35.2 Å². The van der Waals surface area contributed by atoms with Gasteiger partial charge < -0.3 is 19.4 Å². The third-order valence-electron chi connectivity index (χ3n) is 4.12. The highest BCUT2D eigenvalue weighted by atomic mass is 16.5. The number of carbonyl (C=O) groups excluding carboxylic acids is 2. The van der Waals surface area contributed by atoms with E-state index in [4.69, 9.17) is 9.47 Å². The molecule has 1 aromatic carbocycles. The van der Waals surface area contributed by atoms with Gasteiger partial charge in [-0.2, -0.15) is 0 Å². The molecular weight excluding hydrogens is 298 g/mol. The van der Waals surface area contributed by atoms with Gasteiger partial charge in [0.2, 0.25) is 0 Å². The van der Waals surface area contributed by atoms with E-state index >= 15 is 0 Å². The summed E-state index contributed by atoms with van der Waals surface area (Å²) in [6.45, 7) is 0.858. The number of hydrogen-bond donors (Lipinski definition) is 1. The standard InChI is InChI=1S/C16H19N3O4/c1-18-15-11(9-17-18)19(7-6-12(15)20)16(21)10-4-5-13(22-2)14(8-10)23-3/h4-5,8,17H,6-7,9H2,1-3H3. The molecule has 0 radical (unpaired) electrons. The summed E-state index contributed by atoms with van der Waals surface area (Å²) in [5.74, 6) is 0.981. The van der Waals surface area contributed by atoms with Gasteiger partial charge in [-0.25, -0.2) is 5.43 Å². The molecule has 0 spiro atoms. The quantitative estimate of drug-likeness (QED) is 0.888. The van der Waals surface area contributed by atoms with Gasteiger partial charge in [-0.3, -0.25) is 9.59 Å². The summed E-state index contributed by atoms with van der Waals surface area (Å²) in [6, 6.07) is 5.06. The molecule has 1 aromatic rings. The molecule has 0 saturated carbocycles. The van der Waals surface area contributed by atoms with Gasteiger partial charge >= 0.3 is 0 Å². The summed E-state index contributed by atoms with van der Waals surface area (Å²) in [4.78, 5) is 26.6. The topological polar surface area (TPSA) is 71.1 Å². The molecule has 0 fully saturated rings. The number of nitrogens with zero attached hydrogens (tertiary/aromatic N) is 2. The number of allylic oxidation sites excluding steroid dienone is 1. The minimum atomic E-state index is -0.150. The molecule has 2 aliphatic heterocycles. The lowest BCUT2D eigenvalue weighted by molar-refractivity contribution is -0.117. The number of hydrogen-bond acceptors (Lipinski definition) is 6. The normalized spacial score (nSPS) is 17.4. The van der Waals surface area contributed by atoms with E-state index in [0.717, 1.165) is 5.70 Å². The lowest BCUT2D eigenvalue weighted by atomic mass is 10.1. The number of ketones is 1. The van der Waals surface area contributed by atoms with Crippen molar-refractivity contribution in [1.29, 1.82) is 0 Å². The van der Waals surface area contributed by atoms with Crippen LogP contribution in [0.4, 0.5) is 0 Å². The molecule has 1 N–H and O–H groups in total. The number of ether oxygens (including phenoxy) is 2. The van der Waals surface area contributed by atoms with Gasteiger partial charge in [0.05, 0.1) is 26.5 Å². The Kier molecular flexibility index (Phi) is 3.96. The Labute approximate surface area is 134 Å². The smallest absolute Gasteiger partial charge is 0.258 e. The summed E-state index contributed by atoms with van der Waals surface area (Å²) in [7, 11) is 4.86. The predicted molar refractivity (Wildman–Crippen MR) is 83.0 cm³/mol. The zero-order chi connectivity index (χ0) is 16.6. The van der Waals surface area contributed by atoms with E-state index in [1.54, 1.807) is 42.3 Å². The first kappa shape index (κ1) is 15.4. The molecular formula is C16H19N3O4. The maximum absolute atomic E-state index is 12.9. The molecule has 0 aliphatic carbocycles. The van der Waals surface area contributed by atoms with Crippen molar-refractivity contribution >= 4 is 11.7 Å². The van der Waals surface area contributed by atoms with Crippen molar-refractivity contribution < 1.29 is 19.1 Å². The molecule has 0 saturated heterocycles. The van der Waals surface area contributed by atoms with Crippen molar-refractivity contribution in [2.24, 2.45) is 0 Å². The number of Topliss-reactive ketones (excluding diaryl/α,β-unsaturated/α-hetero) is 1. The molecule has 1 amide bonds. The first-order valence-corrected chi connectivity index (χ1v) is 7.34. The lowest BCUT2D eigenvalue weighted by Crippen LogP contribution is -2.38. The predicted octanol–water partition coefficient (Wildman–Crippen LogP) is 0.780. The molecule has 3 rings (SSSR count). The Morgan fingerprint density at radius 3 is 2.65 bits per heavy atom. The molecule has 0 unspecified atom stereocenters. The van der Waals surface area contributed by atoms with E-state index < -0.39 is 0 Å². The maximum Gasteiger partial charge on any atom is 0.258 e. The lowest BCUT2D eigenvalue weighted by Gasteiger charge is -2.28. The number of rotatable bonds is 3. The van der Waals surface area contributed by atoms with Crippen LogP contribution in [0.15, 0.2) is 29.6 Å². The Bertz CT molecular complexity index is 699. The van der Waals surface area contributed by atoms with Gasteiger partial charge in [-0.1, -0.05) is 0 Å². The highest BCUT2D eigenvalue weighted by molar-refractivity contribution is 6.02. The van der Waals surface area contributed by atoms with E-state index in [1.807, 2.05) is 0 Å². The molecule has 0 aromatic heterocycles. The number of hydrazine groups is 1. The molecule has 0 atom stereocenters. The van der Waals surface area contributed by atoms with Crippen LogP contribution in [0.5, 0.6) is 11.5 Å². The van der Waals surface area contributed by atoms with Gasteiger partial charge in [0.1, 0.15) is 5.70 Å². The molecule has 122 valence electrons. The Morgan fingerprint density at radius 1 is 1.22 bits per heavy atom. The van der Waals surface area contributed by atoms with Gasteiger partial charge in [0.25, 0.3) is 5.91 Å². The molecule has 7 heteroatoms. The largest absolute Gasteiger partial charge is 0.493 e. The van der Waals surface area contributed by atoms with Crippen LogP contribution in [0.2, 0.25) is 0 Å². The van der Waals surface area contributed by atoms with Crippen LogP contribution < -0.4 is 14.9 Å². The van der Waals surface area contributed by atoms with Crippen LogP contribution in [0.3, 0.4) is 0 Å². The van der Waals surface area contributed by atoms with Crippen molar-refractivity contribution in [2.45, 2.75) is 6.42 Å². The highest BCUT2D eigenvalue weighted by Gasteiger charge is 2.36. The Morgan fingerprint density at radius 2 is 1.96 bits per heavy atom. The number of likely N-dealkylation sites (N-methyl/N-ethyl adjacent to an activating group) is 1. The van der Waals surface area contributed by atoms with Crippen LogP contribution in [0.25, 0.3) is 0 Å². The summed E-state index contributed by atoms with van der Waals surface area (Å²) in [6.07, 6.45) is 0.323. The van der Waals surface area contributed by atoms with E-state index in [-0.39, 0.29) is 11.7 Å². The summed E-state index contributed by atoms with van der Waals surface area (Å²) >= 11 is 0. The van der Waals surface area contributed by atoms with Crippen LogP contribution >= 0.6 is 0 Å². The van der Waals surface area contributed by atoms with E-state index in [2.05, 4.69) is 5.43 Å². The minimum Gasteiger partial charge on any atom is -0.493 e. The molecule has 7 nitrogen and oxygen atoms in total. The summed E-state index contributed by atoms with van der Waals surface area (Å²) < 4.78 is 10.4. The second kappa shape index (κ2) is 5.92.